The Labute approximate surface area is 176 Å². The van der Waals surface area contributed by atoms with E-state index in [4.69, 9.17) is 0 Å². The van der Waals surface area contributed by atoms with Crippen molar-refractivity contribution in [1.82, 2.24) is 0 Å². The molecule has 2 heteroatoms. The molecule has 2 aromatic carbocycles. The van der Waals surface area contributed by atoms with E-state index in [0.29, 0.717) is 11.2 Å². The highest BCUT2D eigenvalue weighted by Crippen LogP contribution is 2.62. The van der Waals surface area contributed by atoms with Crippen molar-refractivity contribution in [2.75, 3.05) is 0 Å². The van der Waals surface area contributed by atoms with Gasteiger partial charge in [0.25, 0.3) is 0 Å². The van der Waals surface area contributed by atoms with E-state index in [9.17, 15) is 0 Å². The number of rotatable bonds is 2. The summed E-state index contributed by atoms with van der Waals surface area (Å²) in [5.41, 5.74) is 8.26. The van der Waals surface area contributed by atoms with Crippen LogP contribution in [0.2, 0.25) is 0 Å². The van der Waals surface area contributed by atoms with Crippen LogP contribution in [0.25, 0.3) is 11.1 Å². The molecule has 3 aromatic rings. The molecule has 1 aromatic heterocycles. The van der Waals surface area contributed by atoms with Gasteiger partial charge in [-0.05, 0) is 61.1 Å². The molecule has 2 unspecified atom stereocenters. The molecule has 0 N–H and O–H groups in total. The molecule has 142 valence electrons. The molecular weight excluding hydrogens is 376 g/mol. The predicted octanol–water partition coefficient (Wildman–Crippen LogP) is 7.64. The van der Waals surface area contributed by atoms with Gasteiger partial charge in [-0.25, -0.2) is 0 Å². The average Bonchev–Trinajstić information content (AvgIpc) is 3.30. The Bertz CT molecular complexity index is 1060. The van der Waals surface area contributed by atoms with Crippen molar-refractivity contribution < 1.29 is 0 Å². The first kappa shape index (κ1) is 18.3. The van der Waals surface area contributed by atoms with Gasteiger partial charge in [-0.1, -0.05) is 67.4 Å². The van der Waals surface area contributed by atoms with E-state index in [2.05, 4.69) is 101 Å². The smallest absolute Gasteiger partial charge is 0.0862 e. The van der Waals surface area contributed by atoms with Crippen LogP contribution >= 0.6 is 23.1 Å². The van der Waals surface area contributed by atoms with Gasteiger partial charge in [-0.2, -0.15) is 0 Å². The van der Waals surface area contributed by atoms with Gasteiger partial charge < -0.3 is 0 Å². The van der Waals surface area contributed by atoms with Gasteiger partial charge in [-0.3, -0.25) is 0 Å². The zero-order valence-corrected chi connectivity index (χ0v) is 18.8. The second-order valence-electron chi connectivity index (χ2n) is 8.47. The third-order valence-electron chi connectivity index (χ3n) is 6.40. The van der Waals surface area contributed by atoms with Crippen molar-refractivity contribution in [2.45, 2.75) is 45.3 Å². The van der Waals surface area contributed by atoms with Gasteiger partial charge in [0.15, 0.2) is 0 Å². The number of thioether (sulfide) groups is 1. The van der Waals surface area contributed by atoms with Crippen molar-refractivity contribution in [2.24, 2.45) is 5.92 Å². The van der Waals surface area contributed by atoms with Crippen molar-refractivity contribution in [3.8, 4) is 11.1 Å². The Hall–Kier alpha value is -1.77. The number of allylic oxidation sites excluding steroid dienone is 2. The van der Waals surface area contributed by atoms with Gasteiger partial charge in [0.05, 0.1) is 5.41 Å². The summed E-state index contributed by atoms with van der Waals surface area (Å²) >= 11 is 4.04. The largest absolute Gasteiger partial charge is 0.144 e. The Morgan fingerprint density at radius 1 is 0.786 bits per heavy atom. The van der Waals surface area contributed by atoms with E-state index in [0.717, 1.165) is 0 Å². The predicted molar refractivity (Wildman–Crippen MR) is 125 cm³/mol. The summed E-state index contributed by atoms with van der Waals surface area (Å²) in [6.07, 6.45) is 2.55. The molecule has 1 aliphatic heterocycles. The zero-order valence-electron chi connectivity index (χ0n) is 17.2. The SMILES string of the molecule is Cc1ccc2c(c1)C(C1=CC(C)C(C)S1)(c1ccc(C)s1)c1cc(C)ccc1-2. The summed E-state index contributed by atoms with van der Waals surface area (Å²) in [4.78, 5) is 4.36. The summed E-state index contributed by atoms with van der Waals surface area (Å²) in [5.74, 6) is 0.597. The van der Waals surface area contributed by atoms with E-state index in [1.165, 1.54) is 48.0 Å². The van der Waals surface area contributed by atoms with Crippen LogP contribution in [-0.2, 0) is 5.41 Å². The first-order chi connectivity index (χ1) is 13.4. The molecule has 0 saturated carbocycles. The van der Waals surface area contributed by atoms with Gasteiger partial charge in [0, 0.05) is 19.9 Å². The van der Waals surface area contributed by atoms with E-state index in [1.807, 2.05) is 11.3 Å². The number of thiophene rings is 1. The Morgan fingerprint density at radius 2 is 1.39 bits per heavy atom. The van der Waals surface area contributed by atoms with Crippen LogP contribution in [0.4, 0.5) is 0 Å². The van der Waals surface area contributed by atoms with Crippen LogP contribution < -0.4 is 0 Å². The summed E-state index contributed by atoms with van der Waals surface area (Å²) in [7, 11) is 0. The second-order valence-corrected chi connectivity index (χ2v) is 11.2. The summed E-state index contributed by atoms with van der Waals surface area (Å²) < 4.78 is 0. The highest BCUT2D eigenvalue weighted by Gasteiger charge is 2.50. The molecule has 2 heterocycles. The standard InChI is InChI=1S/C26H26S2/c1-15-6-9-20-21-10-7-16(2)13-23(21)26(22(20)12-15,24-11-8-18(4)27-24)25-14-17(3)19(5)28-25/h6-14,17,19H,1-5H3. The minimum Gasteiger partial charge on any atom is -0.144 e. The van der Waals surface area contributed by atoms with Crippen LogP contribution in [0, 0.1) is 26.7 Å². The highest BCUT2D eigenvalue weighted by molar-refractivity contribution is 8.04. The molecule has 2 aliphatic rings. The third-order valence-corrected chi connectivity index (χ3v) is 9.01. The average molecular weight is 403 g/mol. The first-order valence-corrected chi connectivity index (χ1v) is 11.8. The monoisotopic (exact) mass is 402 g/mol. The molecular formula is C26H26S2. The fourth-order valence-corrected chi connectivity index (χ4v) is 7.43. The maximum atomic E-state index is 2.55. The van der Waals surface area contributed by atoms with Gasteiger partial charge >= 0.3 is 0 Å². The van der Waals surface area contributed by atoms with Crippen molar-refractivity contribution in [3.63, 3.8) is 0 Å². The molecule has 0 radical (unpaired) electrons. The van der Waals surface area contributed by atoms with Gasteiger partial charge in [-0.15, -0.1) is 23.1 Å². The molecule has 0 spiro atoms. The van der Waals surface area contributed by atoms with Crippen molar-refractivity contribution in [1.29, 1.82) is 0 Å². The number of hydrogen-bond acceptors (Lipinski definition) is 2. The molecule has 0 nitrogen and oxygen atoms in total. The Morgan fingerprint density at radius 3 is 1.86 bits per heavy atom. The molecule has 0 fully saturated rings. The minimum atomic E-state index is -0.161. The quantitative estimate of drug-likeness (QED) is 0.424. The van der Waals surface area contributed by atoms with Crippen molar-refractivity contribution in [3.05, 3.63) is 91.5 Å². The molecule has 0 bridgehead atoms. The van der Waals surface area contributed by atoms with Crippen LogP contribution in [0.15, 0.2) is 59.5 Å². The number of benzene rings is 2. The summed E-state index contributed by atoms with van der Waals surface area (Å²) in [6, 6.07) is 18.8. The zero-order chi connectivity index (χ0) is 19.6. The fourth-order valence-electron chi connectivity index (χ4n) is 4.77. The maximum absolute atomic E-state index is 2.55. The lowest BCUT2D eigenvalue weighted by Crippen LogP contribution is -2.27. The molecule has 1 aliphatic carbocycles. The minimum absolute atomic E-state index is 0.161. The Balaban J connectivity index is 1.93. The third kappa shape index (κ3) is 2.44. The van der Waals surface area contributed by atoms with Crippen molar-refractivity contribution >= 4 is 23.1 Å². The lowest BCUT2D eigenvalue weighted by Gasteiger charge is -2.33. The number of aryl methyl sites for hydroxylation is 3. The molecule has 2 atom stereocenters. The normalized spacial score (nSPS) is 22.1. The van der Waals surface area contributed by atoms with E-state index >= 15 is 0 Å². The second kappa shape index (κ2) is 6.37. The molecule has 28 heavy (non-hydrogen) atoms. The lowest BCUT2D eigenvalue weighted by atomic mass is 9.75. The molecule has 0 amide bonds. The lowest BCUT2D eigenvalue weighted by molar-refractivity contribution is 0.721. The van der Waals surface area contributed by atoms with Gasteiger partial charge in [0.1, 0.15) is 0 Å². The van der Waals surface area contributed by atoms with Crippen LogP contribution in [-0.4, -0.2) is 5.25 Å². The Kier molecular flexibility index (Phi) is 4.16. The number of hydrogen-bond donors (Lipinski definition) is 0. The van der Waals surface area contributed by atoms with Gasteiger partial charge in [0.2, 0.25) is 0 Å². The number of fused-ring (bicyclic) bond motifs is 3. The van der Waals surface area contributed by atoms with Crippen LogP contribution in [0.3, 0.4) is 0 Å². The summed E-state index contributed by atoms with van der Waals surface area (Å²) in [5, 5.41) is 0.620. The fraction of sp³-hybridized carbons (Fsp3) is 0.308. The topological polar surface area (TPSA) is 0 Å². The first-order valence-electron chi connectivity index (χ1n) is 10.1. The van der Waals surface area contributed by atoms with E-state index in [-0.39, 0.29) is 5.41 Å². The molecule has 5 rings (SSSR count). The van der Waals surface area contributed by atoms with Crippen LogP contribution in [0.5, 0.6) is 0 Å². The van der Waals surface area contributed by atoms with Crippen LogP contribution in [0.1, 0.15) is 45.9 Å². The highest BCUT2D eigenvalue weighted by atomic mass is 32.2. The van der Waals surface area contributed by atoms with E-state index < -0.39 is 0 Å². The summed E-state index contributed by atoms with van der Waals surface area (Å²) in [6.45, 7) is 11.4. The van der Waals surface area contributed by atoms with E-state index in [1.54, 1.807) is 0 Å². The maximum Gasteiger partial charge on any atom is 0.0862 e. The molecule has 0 saturated heterocycles.